The van der Waals surface area contributed by atoms with Crippen molar-refractivity contribution in [1.82, 2.24) is 34.4 Å². The van der Waals surface area contributed by atoms with E-state index in [0.29, 0.717) is 11.9 Å². The van der Waals surface area contributed by atoms with Crippen LogP contribution in [0.3, 0.4) is 0 Å². The maximum atomic E-state index is 4.59. The third-order valence-corrected chi connectivity index (χ3v) is 5.36. The Bertz CT molecular complexity index is 1150. The number of pyridine rings is 1. The van der Waals surface area contributed by atoms with Crippen LogP contribution in [0, 0.1) is 0 Å². The van der Waals surface area contributed by atoms with E-state index in [1.165, 1.54) is 0 Å². The van der Waals surface area contributed by atoms with E-state index in [9.17, 15) is 0 Å². The third kappa shape index (κ3) is 3.29. The first-order valence-corrected chi connectivity index (χ1v) is 9.67. The van der Waals surface area contributed by atoms with Gasteiger partial charge in [-0.05, 0) is 19.5 Å². The van der Waals surface area contributed by atoms with Crippen molar-refractivity contribution >= 4 is 23.0 Å². The molecule has 1 aliphatic rings. The molecule has 0 aliphatic carbocycles. The average molecular weight is 389 g/mol. The van der Waals surface area contributed by atoms with Crippen LogP contribution in [0.15, 0.2) is 49.3 Å². The summed E-state index contributed by atoms with van der Waals surface area (Å²) in [6.45, 7) is 1.97. The standard InChI is InChI=1S/C20H23N9/c1-21-16-4-7-28(13-16)18-9-15(3-5-22-18)26-19-20-24-11-17(29(20)8-6-23-19)14-10-25-27(2)12-14/h3,5-6,8-12,16,21H,4,7,13H2,1-2H3,(H,22,23,26). The van der Waals surface area contributed by atoms with E-state index < -0.39 is 0 Å². The number of hydrogen-bond donors (Lipinski definition) is 2. The fourth-order valence-electron chi connectivity index (χ4n) is 3.78. The van der Waals surface area contributed by atoms with E-state index in [-0.39, 0.29) is 0 Å². The van der Waals surface area contributed by atoms with Crippen molar-refractivity contribution in [3.05, 3.63) is 49.3 Å². The number of likely N-dealkylation sites (N-methyl/N-ethyl adjacent to an activating group) is 1. The molecule has 1 aliphatic heterocycles. The normalized spacial score (nSPS) is 16.6. The smallest absolute Gasteiger partial charge is 0.180 e. The number of nitrogens with one attached hydrogen (secondary N) is 2. The summed E-state index contributed by atoms with van der Waals surface area (Å²) in [7, 11) is 3.91. The molecule has 1 fully saturated rings. The van der Waals surface area contributed by atoms with Crippen molar-refractivity contribution in [2.45, 2.75) is 12.5 Å². The van der Waals surface area contributed by atoms with Gasteiger partial charge in [0.1, 0.15) is 5.82 Å². The lowest BCUT2D eigenvalue weighted by Gasteiger charge is -2.18. The van der Waals surface area contributed by atoms with Crippen LogP contribution in [-0.4, -0.2) is 55.3 Å². The molecule has 5 rings (SSSR count). The molecule has 0 amide bonds. The minimum atomic E-state index is 0.514. The molecule has 9 heteroatoms. The van der Waals surface area contributed by atoms with E-state index in [1.54, 1.807) is 10.9 Å². The molecule has 0 radical (unpaired) electrons. The molecule has 1 atom stereocenters. The van der Waals surface area contributed by atoms with Crippen molar-refractivity contribution in [3.8, 4) is 11.3 Å². The van der Waals surface area contributed by atoms with Crippen molar-refractivity contribution in [3.63, 3.8) is 0 Å². The number of hydrogen-bond acceptors (Lipinski definition) is 7. The van der Waals surface area contributed by atoms with Gasteiger partial charge in [0.25, 0.3) is 0 Å². The summed E-state index contributed by atoms with van der Waals surface area (Å²) in [6.07, 6.45) is 12.3. The first-order chi connectivity index (χ1) is 14.2. The summed E-state index contributed by atoms with van der Waals surface area (Å²) >= 11 is 0. The molecular weight excluding hydrogens is 366 g/mol. The number of rotatable bonds is 5. The highest BCUT2D eigenvalue weighted by molar-refractivity contribution is 5.74. The largest absolute Gasteiger partial charge is 0.355 e. The molecule has 9 nitrogen and oxygen atoms in total. The number of nitrogens with zero attached hydrogens (tertiary/aromatic N) is 7. The molecule has 0 bridgehead atoms. The van der Waals surface area contributed by atoms with Gasteiger partial charge in [0, 0.05) is 68.3 Å². The molecule has 1 unspecified atom stereocenters. The highest BCUT2D eigenvalue weighted by Crippen LogP contribution is 2.26. The zero-order chi connectivity index (χ0) is 19.8. The van der Waals surface area contributed by atoms with Crippen LogP contribution >= 0.6 is 0 Å². The molecule has 4 aromatic heterocycles. The Morgan fingerprint density at radius 2 is 2.07 bits per heavy atom. The molecule has 148 valence electrons. The van der Waals surface area contributed by atoms with Crippen molar-refractivity contribution in [1.29, 1.82) is 0 Å². The van der Waals surface area contributed by atoms with Gasteiger partial charge in [-0.1, -0.05) is 0 Å². The summed E-state index contributed by atoms with van der Waals surface area (Å²) in [5.74, 6) is 1.67. The predicted octanol–water partition coefficient (Wildman–Crippen LogP) is 2.07. The van der Waals surface area contributed by atoms with Gasteiger partial charge in [0.05, 0.1) is 18.1 Å². The van der Waals surface area contributed by atoms with E-state index in [1.807, 2.05) is 55.5 Å². The topological polar surface area (TPSA) is 88.2 Å². The number of imidazole rings is 1. The maximum Gasteiger partial charge on any atom is 0.180 e. The van der Waals surface area contributed by atoms with Crippen LogP contribution in [0.1, 0.15) is 6.42 Å². The Morgan fingerprint density at radius 3 is 2.86 bits per heavy atom. The summed E-state index contributed by atoms with van der Waals surface area (Å²) in [5.41, 5.74) is 3.69. The average Bonchev–Trinajstić information content (AvgIpc) is 3.47. The summed E-state index contributed by atoms with van der Waals surface area (Å²) in [5, 5.41) is 11.0. The second-order valence-corrected chi connectivity index (χ2v) is 7.26. The van der Waals surface area contributed by atoms with E-state index in [2.05, 4.69) is 41.7 Å². The van der Waals surface area contributed by atoms with Crippen LogP contribution in [0.2, 0.25) is 0 Å². The fourth-order valence-corrected chi connectivity index (χ4v) is 3.78. The zero-order valence-corrected chi connectivity index (χ0v) is 16.4. The maximum absolute atomic E-state index is 4.59. The van der Waals surface area contributed by atoms with Gasteiger partial charge in [-0.3, -0.25) is 9.08 Å². The lowest BCUT2D eigenvalue weighted by molar-refractivity contribution is 0.616. The SMILES string of the molecule is CNC1CCN(c2cc(Nc3nccn4c(-c5cnn(C)c5)cnc34)ccn2)C1. The van der Waals surface area contributed by atoms with E-state index in [0.717, 1.165) is 47.9 Å². The molecule has 29 heavy (non-hydrogen) atoms. The van der Waals surface area contributed by atoms with E-state index >= 15 is 0 Å². The number of anilines is 3. The number of aryl methyl sites for hydroxylation is 1. The minimum Gasteiger partial charge on any atom is -0.355 e. The summed E-state index contributed by atoms with van der Waals surface area (Å²) < 4.78 is 3.80. The Labute approximate surface area is 168 Å². The fraction of sp³-hybridized carbons (Fsp3) is 0.300. The highest BCUT2D eigenvalue weighted by atomic mass is 15.2. The van der Waals surface area contributed by atoms with Gasteiger partial charge in [-0.15, -0.1) is 0 Å². The monoisotopic (exact) mass is 389 g/mol. The van der Waals surface area contributed by atoms with Gasteiger partial charge < -0.3 is 15.5 Å². The quantitative estimate of drug-likeness (QED) is 0.540. The Kier molecular flexibility index (Phi) is 4.36. The lowest BCUT2D eigenvalue weighted by Crippen LogP contribution is -2.29. The highest BCUT2D eigenvalue weighted by Gasteiger charge is 2.22. The number of fused-ring (bicyclic) bond motifs is 1. The first-order valence-electron chi connectivity index (χ1n) is 9.67. The van der Waals surface area contributed by atoms with Crippen LogP contribution in [-0.2, 0) is 7.05 Å². The van der Waals surface area contributed by atoms with E-state index in [4.69, 9.17) is 0 Å². The van der Waals surface area contributed by atoms with Gasteiger partial charge in [0.2, 0.25) is 0 Å². The van der Waals surface area contributed by atoms with Gasteiger partial charge >= 0.3 is 0 Å². The molecule has 0 saturated carbocycles. The van der Waals surface area contributed by atoms with Crippen LogP contribution in [0.4, 0.5) is 17.3 Å². The summed E-state index contributed by atoms with van der Waals surface area (Å²) in [6, 6.07) is 4.53. The van der Waals surface area contributed by atoms with Crippen molar-refractivity contribution in [2.24, 2.45) is 7.05 Å². The lowest BCUT2D eigenvalue weighted by atomic mass is 10.3. The molecule has 0 spiro atoms. The molecule has 2 N–H and O–H groups in total. The second-order valence-electron chi connectivity index (χ2n) is 7.26. The molecule has 0 aromatic carbocycles. The second kappa shape index (κ2) is 7.17. The first kappa shape index (κ1) is 17.6. The van der Waals surface area contributed by atoms with Gasteiger partial charge in [-0.2, -0.15) is 5.10 Å². The predicted molar refractivity (Wildman–Crippen MR) is 112 cm³/mol. The molecular formula is C20H23N9. The molecule has 4 aromatic rings. The summed E-state index contributed by atoms with van der Waals surface area (Å²) in [4.78, 5) is 15.9. The number of aromatic nitrogens is 6. The van der Waals surface area contributed by atoms with Crippen LogP contribution in [0.5, 0.6) is 0 Å². The molecule has 1 saturated heterocycles. The van der Waals surface area contributed by atoms with Crippen molar-refractivity contribution in [2.75, 3.05) is 30.4 Å². The zero-order valence-electron chi connectivity index (χ0n) is 16.4. The molecule has 5 heterocycles. The Balaban J connectivity index is 1.44. The van der Waals surface area contributed by atoms with Gasteiger partial charge in [0.15, 0.2) is 11.5 Å². The third-order valence-electron chi connectivity index (χ3n) is 5.36. The van der Waals surface area contributed by atoms with Crippen molar-refractivity contribution < 1.29 is 0 Å². The Hall–Kier alpha value is -3.46. The van der Waals surface area contributed by atoms with Gasteiger partial charge in [-0.25, -0.2) is 15.0 Å². The minimum absolute atomic E-state index is 0.514. The van der Waals surface area contributed by atoms with Crippen LogP contribution < -0.4 is 15.5 Å². The Morgan fingerprint density at radius 1 is 1.14 bits per heavy atom. The van der Waals surface area contributed by atoms with Crippen LogP contribution in [0.25, 0.3) is 16.9 Å².